The van der Waals surface area contributed by atoms with Gasteiger partial charge in [-0.3, -0.25) is 0 Å². The molecule has 0 radical (unpaired) electrons. The van der Waals surface area contributed by atoms with Gasteiger partial charge >= 0.3 is 0 Å². The lowest BCUT2D eigenvalue weighted by atomic mass is 10.0. The number of benzene rings is 1. The summed E-state index contributed by atoms with van der Waals surface area (Å²) in [7, 11) is 0. The van der Waals surface area contributed by atoms with E-state index in [2.05, 4.69) is 48.3 Å². The van der Waals surface area contributed by atoms with Crippen LogP contribution in [-0.4, -0.2) is 47.8 Å². The summed E-state index contributed by atoms with van der Waals surface area (Å²) in [6.45, 7) is 7.13. The molecule has 2 rings (SSSR count). The second kappa shape index (κ2) is 8.52. The van der Waals surface area contributed by atoms with Crippen molar-refractivity contribution in [1.82, 2.24) is 10.2 Å². The molecule has 21 heavy (non-hydrogen) atoms. The molecule has 1 saturated heterocycles. The van der Waals surface area contributed by atoms with E-state index in [1.54, 1.807) is 0 Å². The van der Waals surface area contributed by atoms with Crippen LogP contribution in [0.25, 0.3) is 0 Å². The third kappa shape index (κ3) is 5.42. The second-order valence-electron chi connectivity index (χ2n) is 6.49. The highest BCUT2D eigenvalue weighted by atomic mass is 16.3. The van der Waals surface area contributed by atoms with Crippen LogP contribution in [0.3, 0.4) is 0 Å². The molecule has 2 atom stereocenters. The summed E-state index contributed by atoms with van der Waals surface area (Å²) in [5, 5.41) is 13.3. The topological polar surface area (TPSA) is 35.5 Å². The summed E-state index contributed by atoms with van der Waals surface area (Å²) >= 11 is 0. The van der Waals surface area contributed by atoms with Gasteiger partial charge in [-0.25, -0.2) is 0 Å². The fourth-order valence-corrected chi connectivity index (χ4v) is 3.21. The Morgan fingerprint density at radius 1 is 1.19 bits per heavy atom. The lowest BCUT2D eigenvalue weighted by Crippen LogP contribution is -2.42. The van der Waals surface area contributed by atoms with E-state index in [9.17, 15) is 5.11 Å². The quantitative estimate of drug-likeness (QED) is 0.845. The van der Waals surface area contributed by atoms with Crippen LogP contribution in [0, 0.1) is 0 Å². The van der Waals surface area contributed by atoms with E-state index >= 15 is 0 Å². The van der Waals surface area contributed by atoms with E-state index in [0.29, 0.717) is 12.1 Å². The Morgan fingerprint density at radius 3 is 2.62 bits per heavy atom. The Hall–Kier alpha value is -0.900. The molecule has 0 spiro atoms. The van der Waals surface area contributed by atoms with Crippen molar-refractivity contribution in [2.45, 2.75) is 57.7 Å². The van der Waals surface area contributed by atoms with Gasteiger partial charge in [-0.1, -0.05) is 30.3 Å². The maximum atomic E-state index is 9.66. The molecule has 0 saturated carbocycles. The van der Waals surface area contributed by atoms with Crippen LogP contribution in [0.2, 0.25) is 0 Å². The minimum absolute atomic E-state index is 0.169. The van der Waals surface area contributed by atoms with E-state index in [1.807, 2.05) is 6.07 Å². The van der Waals surface area contributed by atoms with Crippen molar-refractivity contribution >= 4 is 0 Å². The Balaban J connectivity index is 1.84. The first-order chi connectivity index (χ1) is 10.2. The first-order valence-electron chi connectivity index (χ1n) is 8.34. The third-order valence-corrected chi connectivity index (χ3v) is 4.51. The number of likely N-dealkylation sites (tertiary alicyclic amines) is 1. The first kappa shape index (κ1) is 16.5. The molecule has 3 nitrogen and oxygen atoms in total. The number of nitrogens with zero attached hydrogens (tertiary/aromatic N) is 1. The molecule has 0 bridgehead atoms. The van der Waals surface area contributed by atoms with Crippen LogP contribution in [0.15, 0.2) is 30.3 Å². The van der Waals surface area contributed by atoms with E-state index in [1.165, 1.54) is 37.9 Å². The lowest BCUT2D eigenvalue weighted by molar-refractivity contribution is 0.215. The molecule has 1 aliphatic rings. The fraction of sp³-hybridized carbons (Fsp3) is 0.667. The van der Waals surface area contributed by atoms with Gasteiger partial charge in [-0.15, -0.1) is 0 Å². The van der Waals surface area contributed by atoms with Crippen molar-refractivity contribution in [3.8, 4) is 0 Å². The molecule has 1 aromatic carbocycles. The van der Waals surface area contributed by atoms with Crippen LogP contribution >= 0.6 is 0 Å². The molecule has 0 aromatic heterocycles. The predicted molar refractivity (Wildman–Crippen MR) is 88.5 cm³/mol. The molecule has 1 heterocycles. The van der Waals surface area contributed by atoms with Crippen molar-refractivity contribution in [1.29, 1.82) is 0 Å². The van der Waals surface area contributed by atoms with Crippen molar-refractivity contribution in [2.24, 2.45) is 0 Å². The standard InChI is InChI=1S/C18H30N2O/c1-15(2)20-11-6-9-17(10-12-20)19-18(14-21)13-16-7-4-3-5-8-16/h3-5,7-8,15,17-19,21H,6,9-14H2,1-2H3/t17?,18-/m0/s1. The van der Waals surface area contributed by atoms with Gasteiger partial charge < -0.3 is 15.3 Å². The van der Waals surface area contributed by atoms with Crippen molar-refractivity contribution < 1.29 is 5.11 Å². The van der Waals surface area contributed by atoms with E-state index < -0.39 is 0 Å². The first-order valence-corrected chi connectivity index (χ1v) is 8.34. The van der Waals surface area contributed by atoms with Crippen LogP contribution < -0.4 is 5.32 Å². The second-order valence-corrected chi connectivity index (χ2v) is 6.49. The summed E-state index contributed by atoms with van der Waals surface area (Å²) in [4.78, 5) is 2.56. The van der Waals surface area contributed by atoms with E-state index in [0.717, 1.165) is 6.42 Å². The van der Waals surface area contributed by atoms with Gasteiger partial charge in [0.1, 0.15) is 0 Å². The highest BCUT2D eigenvalue weighted by molar-refractivity contribution is 5.16. The third-order valence-electron chi connectivity index (χ3n) is 4.51. The van der Waals surface area contributed by atoms with E-state index in [-0.39, 0.29) is 12.6 Å². The number of hydrogen-bond acceptors (Lipinski definition) is 3. The monoisotopic (exact) mass is 290 g/mol. The van der Waals surface area contributed by atoms with Crippen molar-refractivity contribution in [3.05, 3.63) is 35.9 Å². The van der Waals surface area contributed by atoms with Crippen molar-refractivity contribution in [2.75, 3.05) is 19.7 Å². The average molecular weight is 290 g/mol. The van der Waals surface area contributed by atoms with Gasteiger partial charge in [0.25, 0.3) is 0 Å². The zero-order valence-electron chi connectivity index (χ0n) is 13.5. The van der Waals surface area contributed by atoms with Gasteiger partial charge in [-0.05, 0) is 58.2 Å². The number of nitrogens with one attached hydrogen (secondary N) is 1. The Labute approximate surface area is 129 Å². The molecule has 2 N–H and O–H groups in total. The number of rotatable bonds is 6. The Kier molecular flexibility index (Phi) is 6.68. The van der Waals surface area contributed by atoms with Gasteiger partial charge in [-0.2, -0.15) is 0 Å². The molecule has 1 fully saturated rings. The molecule has 0 aliphatic carbocycles. The molecular weight excluding hydrogens is 260 g/mol. The molecule has 1 aliphatic heterocycles. The number of hydrogen-bond donors (Lipinski definition) is 2. The largest absolute Gasteiger partial charge is 0.395 e. The maximum Gasteiger partial charge on any atom is 0.0587 e. The fourth-order valence-electron chi connectivity index (χ4n) is 3.21. The van der Waals surface area contributed by atoms with Crippen molar-refractivity contribution in [3.63, 3.8) is 0 Å². The average Bonchev–Trinajstić information content (AvgIpc) is 2.73. The summed E-state index contributed by atoms with van der Waals surface area (Å²) in [5.41, 5.74) is 1.29. The lowest BCUT2D eigenvalue weighted by Gasteiger charge is -2.26. The van der Waals surface area contributed by atoms with Crippen LogP contribution in [0.4, 0.5) is 0 Å². The van der Waals surface area contributed by atoms with E-state index in [4.69, 9.17) is 0 Å². The highest BCUT2D eigenvalue weighted by Crippen LogP contribution is 2.14. The minimum atomic E-state index is 0.169. The van der Waals surface area contributed by atoms with Crippen LogP contribution in [-0.2, 0) is 6.42 Å². The normalized spacial score (nSPS) is 22.2. The number of aliphatic hydroxyl groups is 1. The molecule has 0 amide bonds. The summed E-state index contributed by atoms with van der Waals surface area (Å²) in [6, 6.07) is 11.8. The smallest absolute Gasteiger partial charge is 0.0587 e. The van der Waals surface area contributed by atoms with Gasteiger partial charge in [0, 0.05) is 18.1 Å². The predicted octanol–water partition coefficient (Wildman–Crippen LogP) is 2.44. The number of aliphatic hydroxyl groups excluding tert-OH is 1. The van der Waals surface area contributed by atoms with Gasteiger partial charge in [0.05, 0.1) is 6.61 Å². The SMILES string of the molecule is CC(C)N1CCCC(N[C@H](CO)Cc2ccccc2)CC1. The Bertz CT molecular complexity index is 393. The molecular formula is C18H30N2O. The van der Waals surface area contributed by atoms with Gasteiger partial charge in [0.2, 0.25) is 0 Å². The Morgan fingerprint density at radius 2 is 1.95 bits per heavy atom. The minimum Gasteiger partial charge on any atom is -0.395 e. The maximum absolute atomic E-state index is 9.66. The van der Waals surface area contributed by atoms with Gasteiger partial charge in [0.15, 0.2) is 0 Å². The van der Waals surface area contributed by atoms with Crippen LogP contribution in [0.1, 0.15) is 38.7 Å². The highest BCUT2D eigenvalue weighted by Gasteiger charge is 2.20. The molecule has 1 unspecified atom stereocenters. The zero-order valence-corrected chi connectivity index (χ0v) is 13.5. The van der Waals surface area contributed by atoms with Crippen LogP contribution in [0.5, 0.6) is 0 Å². The molecule has 1 aromatic rings. The molecule has 118 valence electrons. The summed E-state index contributed by atoms with van der Waals surface area (Å²) < 4.78 is 0. The zero-order chi connectivity index (χ0) is 15.1. The summed E-state index contributed by atoms with van der Waals surface area (Å²) in [5.74, 6) is 0. The summed E-state index contributed by atoms with van der Waals surface area (Å²) in [6.07, 6.45) is 4.55. The molecule has 3 heteroatoms.